The van der Waals surface area contributed by atoms with Crippen LogP contribution in [0.2, 0.25) is 0 Å². The van der Waals surface area contributed by atoms with E-state index in [0.717, 1.165) is 31.5 Å². The van der Waals surface area contributed by atoms with E-state index in [9.17, 15) is 18.0 Å². The second-order valence-corrected chi connectivity index (χ2v) is 5.11. The summed E-state index contributed by atoms with van der Waals surface area (Å²) in [6, 6.07) is 2.22. The number of amides is 1. The molecule has 0 atom stereocenters. The van der Waals surface area contributed by atoms with Gasteiger partial charge in [0.2, 0.25) is 5.91 Å². The van der Waals surface area contributed by atoms with Crippen molar-refractivity contribution in [2.75, 3.05) is 0 Å². The number of pyridine rings is 1. The summed E-state index contributed by atoms with van der Waals surface area (Å²) in [4.78, 5) is 11.7. The molecule has 1 amide bonds. The number of rotatable bonds is 3. The van der Waals surface area contributed by atoms with E-state index in [1.54, 1.807) is 0 Å². The Labute approximate surface area is 118 Å². The highest BCUT2D eigenvalue weighted by Crippen LogP contribution is 2.29. The van der Waals surface area contributed by atoms with Crippen molar-refractivity contribution in [3.63, 3.8) is 0 Å². The lowest BCUT2D eigenvalue weighted by Crippen LogP contribution is -2.34. The third-order valence-electron chi connectivity index (χ3n) is 3.70. The molecule has 0 unspecified atom stereocenters. The molecule has 5 nitrogen and oxygen atoms in total. The van der Waals surface area contributed by atoms with Gasteiger partial charge in [0.05, 0.1) is 12.1 Å². The molecule has 2 aromatic rings. The lowest BCUT2D eigenvalue weighted by atomic mass is 9.85. The fourth-order valence-electron chi connectivity index (χ4n) is 2.21. The summed E-state index contributed by atoms with van der Waals surface area (Å²) in [6.07, 6.45) is -0.707. The molecular weight excluding hydrogens is 285 g/mol. The largest absolute Gasteiger partial charge is 0.417 e. The van der Waals surface area contributed by atoms with Crippen LogP contribution in [0.15, 0.2) is 18.3 Å². The van der Waals surface area contributed by atoms with E-state index in [-0.39, 0.29) is 24.2 Å². The molecule has 112 valence electrons. The molecule has 2 heterocycles. The molecule has 2 aromatic heterocycles. The van der Waals surface area contributed by atoms with Gasteiger partial charge in [0.25, 0.3) is 0 Å². The van der Waals surface area contributed by atoms with Crippen LogP contribution in [0, 0.1) is 5.92 Å². The van der Waals surface area contributed by atoms with Gasteiger partial charge in [0.15, 0.2) is 11.5 Å². The van der Waals surface area contributed by atoms with Crippen molar-refractivity contribution in [2.24, 2.45) is 5.92 Å². The first-order valence-corrected chi connectivity index (χ1v) is 6.64. The van der Waals surface area contributed by atoms with Gasteiger partial charge in [-0.3, -0.25) is 9.20 Å². The normalized spacial score (nSPS) is 16.0. The molecule has 0 radical (unpaired) electrons. The number of nitrogens with zero attached hydrogens (tertiary/aromatic N) is 3. The lowest BCUT2D eigenvalue weighted by Gasteiger charge is -2.23. The number of carbonyl (C=O) groups excluding carboxylic acids is 1. The standard InChI is InChI=1S/C13H13F3N4O/c14-13(15,16)9-4-5-10-18-19-11(20(10)7-9)6-17-12(21)8-2-1-3-8/h4-5,7-8H,1-3,6H2,(H,17,21). The number of aromatic nitrogens is 3. The van der Waals surface area contributed by atoms with E-state index in [1.807, 2.05) is 0 Å². The lowest BCUT2D eigenvalue weighted by molar-refractivity contribution is -0.138. The van der Waals surface area contributed by atoms with Gasteiger partial charge in [-0.1, -0.05) is 6.42 Å². The molecule has 3 rings (SSSR count). The number of nitrogens with one attached hydrogen (secondary N) is 1. The molecule has 1 aliphatic carbocycles. The molecule has 1 N–H and O–H groups in total. The number of halogens is 3. The van der Waals surface area contributed by atoms with E-state index in [2.05, 4.69) is 15.5 Å². The van der Waals surface area contributed by atoms with Gasteiger partial charge in [-0.2, -0.15) is 13.2 Å². The van der Waals surface area contributed by atoms with Crippen LogP contribution in [-0.2, 0) is 17.5 Å². The monoisotopic (exact) mass is 298 g/mol. The summed E-state index contributed by atoms with van der Waals surface area (Å²) in [5, 5.41) is 10.3. The zero-order valence-electron chi connectivity index (χ0n) is 11.0. The molecule has 0 aromatic carbocycles. The van der Waals surface area contributed by atoms with Crippen molar-refractivity contribution < 1.29 is 18.0 Å². The smallest absolute Gasteiger partial charge is 0.349 e. The molecule has 21 heavy (non-hydrogen) atoms. The van der Waals surface area contributed by atoms with Crippen molar-refractivity contribution in [1.29, 1.82) is 0 Å². The van der Waals surface area contributed by atoms with Crippen LogP contribution in [0.5, 0.6) is 0 Å². The van der Waals surface area contributed by atoms with E-state index >= 15 is 0 Å². The maximum absolute atomic E-state index is 12.7. The topological polar surface area (TPSA) is 59.3 Å². The summed E-state index contributed by atoms with van der Waals surface area (Å²) in [5.74, 6) is 0.226. The Bertz CT molecular complexity index is 676. The molecule has 0 saturated heterocycles. The van der Waals surface area contributed by atoms with Crippen LogP contribution < -0.4 is 5.32 Å². The third kappa shape index (κ3) is 2.70. The molecule has 1 fully saturated rings. The Hall–Kier alpha value is -2.12. The highest BCUT2D eigenvalue weighted by atomic mass is 19.4. The van der Waals surface area contributed by atoms with Crippen molar-refractivity contribution in [2.45, 2.75) is 32.0 Å². The molecular formula is C13H13F3N4O. The number of hydrogen-bond donors (Lipinski definition) is 1. The van der Waals surface area contributed by atoms with Gasteiger partial charge in [-0.15, -0.1) is 10.2 Å². The van der Waals surface area contributed by atoms with Crippen LogP contribution in [0.3, 0.4) is 0 Å². The summed E-state index contributed by atoms with van der Waals surface area (Å²) < 4.78 is 39.4. The minimum absolute atomic E-state index is 0.0231. The Balaban J connectivity index is 1.80. The van der Waals surface area contributed by atoms with E-state index in [0.29, 0.717) is 5.65 Å². The molecule has 1 saturated carbocycles. The minimum Gasteiger partial charge on any atom is -0.349 e. The highest BCUT2D eigenvalue weighted by Gasteiger charge is 2.31. The quantitative estimate of drug-likeness (QED) is 0.944. The van der Waals surface area contributed by atoms with Gasteiger partial charge >= 0.3 is 6.18 Å². The van der Waals surface area contributed by atoms with Crippen molar-refractivity contribution in [3.8, 4) is 0 Å². The number of hydrogen-bond acceptors (Lipinski definition) is 3. The van der Waals surface area contributed by atoms with Crippen LogP contribution in [0.25, 0.3) is 5.65 Å². The van der Waals surface area contributed by atoms with Gasteiger partial charge in [-0.05, 0) is 25.0 Å². The maximum Gasteiger partial charge on any atom is 0.417 e. The van der Waals surface area contributed by atoms with Crippen molar-refractivity contribution >= 4 is 11.6 Å². The van der Waals surface area contributed by atoms with Crippen molar-refractivity contribution in [3.05, 3.63) is 29.7 Å². The average Bonchev–Trinajstić information content (AvgIpc) is 2.75. The van der Waals surface area contributed by atoms with Crippen LogP contribution in [0.1, 0.15) is 30.7 Å². The Morgan fingerprint density at radius 2 is 2.10 bits per heavy atom. The SMILES string of the molecule is O=C(NCc1nnc2ccc(C(F)(F)F)cn12)C1CCC1. The molecule has 8 heteroatoms. The molecule has 0 bridgehead atoms. The maximum atomic E-state index is 12.7. The van der Waals surface area contributed by atoms with Crippen LogP contribution in [-0.4, -0.2) is 20.5 Å². The predicted octanol–water partition coefficient (Wildman–Crippen LogP) is 2.16. The fraction of sp³-hybridized carbons (Fsp3) is 0.462. The van der Waals surface area contributed by atoms with Gasteiger partial charge < -0.3 is 5.32 Å². The number of fused-ring (bicyclic) bond motifs is 1. The van der Waals surface area contributed by atoms with Crippen molar-refractivity contribution in [1.82, 2.24) is 19.9 Å². The fourth-order valence-corrected chi connectivity index (χ4v) is 2.21. The molecule has 0 spiro atoms. The summed E-state index contributed by atoms with van der Waals surface area (Å²) in [7, 11) is 0. The highest BCUT2D eigenvalue weighted by molar-refractivity contribution is 5.79. The third-order valence-corrected chi connectivity index (χ3v) is 3.70. The molecule has 1 aliphatic rings. The zero-order chi connectivity index (χ0) is 15.0. The van der Waals surface area contributed by atoms with E-state index in [1.165, 1.54) is 10.5 Å². The number of carbonyl (C=O) groups is 1. The average molecular weight is 298 g/mol. The first kappa shape index (κ1) is 13.8. The molecule has 0 aliphatic heterocycles. The van der Waals surface area contributed by atoms with Gasteiger partial charge in [0.1, 0.15) is 0 Å². The van der Waals surface area contributed by atoms with Crippen LogP contribution in [0.4, 0.5) is 13.2 Å². The predicted molar refractivity (Wildman–Crippen MR) is 67.2 cm³/mol. The Morgan fingerprint density at radius 1 is 1.33 bits per heavy atom. The second-order valence-electron chi connectivity index (χ2n) is 5.11. The summed E-state index contributed by atoms with van der Waals surface area (Å²) in [6.45, 7) is 0.0673. The zero-order valence-corrected chi connectivity index (χ0v) is 11.0. The summed E-state index contributed by atoms with van der Waals surface area (Å²) >= 11 is 0. The van der Waals surface area contributed by atoms with E-state index in [4.69, 9.17) is 0 Å². The first-order chi connectivity index (χ1) is 9.95. The van der Waals surface area contributed by atoms with Crippen LogP contribution >= 0.6 is 0 Å². The van der Waals surface area contributed by atoms with Gasteiger partial charge in [0, 0.05) is 12.1 Å². The first-order valence-electron chi connectivity index (χ1n) is 6.64. The second kappa shape index (κ2) is 5.01. The summed E-state index contributed by atoms with van der Waals surface area (Å²) in [5.41, 5.74) is -0.461. The van der Waals surface area contributed by atoms with Gasteiger partial charge in [-0.25, -0.2) is 0 Å². The van der Waals surface area contributed by atoms with E-state index < -0.39 is 11.7 Å². The number of alkyl halides is 3. The Kier molecular flexibility index (Phi) is 3.30. The Morgan fingerprint density at radius 3 is 2.71 bits per heavy atom. The minimum atomic E-state index is -4.43.